The Labute approximate surface area is 196 Å². The largest absolute Gasteiger partial charge is 0.478 e. The number of carboxylic acid groups (broad SMARTS) is 1. The van der Waals surface area contributed by atoms with E-state index in [1.807, 2.05) is 0 Å². The van der Waals surface area contributed by atoms with Gasteiger partial charge in [0, 0.05) is 5.56 Å². The van der Waals surface area contributed by atoms with Gasteiger partial charge in [-0.25, -0.2) is 4.79 Å². The van der Waals surface area contributed by atoms with Crippen molar-refractivity contribution in [1.29, 1.82) is 0 Å². The molecule has 0 atom stereocenters. The Balaban J connectivity index is 0.000000308. The third kappa shape index (κ3) is 7.21. The van der Waals surface area contributed by atoms with Crippen molar-refractivity contribution in [2.45, 2.75) is 13.3 Å². The second kappa shape index (κ2) is 11.8. The molecule has 0 amide bonds. The second-order valence-electron chi connectivity index (χ2n) is 5.16. The van der Waals surface area contributed by atoms with Crippen molar-refractivity contribution in [3.05, 3.63) is 65.5 Å². The smallest absolute Gasteiger partial charge is 0.337 e. The highest BCUT2D eigenvalue weighted by atomic mass is 35.5. The zero-order chi connectivity index (χ0) is 22.3. The molecule has 0 bridgehead atoms. The van der Waals surface area contributed by atoms with Crippen molar-refractivity contribution >= 4 is 87.3 Å². The van der Waals surface area contributed by atoms with E-state index in [9.17, 15) is 14.4 Å². The van der Waals surface area contributed by atoms with Crippen LogP contribution < -0.4 is 0 Å². The van der Waals surface area contributed by atoms with Crippen LogP contribution in [0.1, 0.15) is 34.1 Å². The van der Waals surface area contributed by atoms with Gasteiger partial charge in [0.05, 0.1) is 42.3 Å². The minimum atomic E-state index is -1.13. The van der Waals surface area contributed by atoms with Gasteiger partial charge in [-0.05, 0) is 31.2 Å². The molecule has 0 aliphatic rings. The average Bonchev–Trinajstić information content (AvgIpc) is 2.64. The predicted octanol–water partition coefficient (Wildman–Crippen LogP) is 7.13. The van der Waals surface area contributed by atoms with Crippen molar-refractivity contribution in [2.75, 3.05) is 6.61 Å². The van der Waals surface area contributed by atoms with Gasteiger partial charge in [0.2, 0.25) is 0 Å². The first-order valence-corrected chi connectivity index (χ1v) is 9.97. The molecule has 0 saturated heterocycles. The normalized spacial score (nSPS) is 10.0. The van der Waals surface area contributed by atoms with Gasteiger partial charge in [-0.3, -0.25) is 9.59 Å². The maximum absolute atomic E-state index is 11.7. The van der Waals surface area contributed by atoms with E-state index < -0.39 is 17.7 Å². The van der Waals surface area contributed by atoms with Crippen LogP contribution in [-0.2, 0) is 9.53 Å². The molecule has 2 rings (SSSR count). The molecule has 2 aromatic rings. The summed E-state index contributed by atoms with van der Waals surface area (Å²) in [6.07, 6.45) is -0.370. The number of carboxylic acids is 1. The first-order chi connectivity index (χ1) is 13.5. The Kier molecular flexibility index (Phi) is 10.5. The van der Waals surface area contributed by atoms with E-state index in [0.29, 0.717) is 0 Å². The first-order valence-electron chi connectivity index (χ1n) is 7.70. The van der Waals surface area contributed by atoms with E-state index >= 15 is 0 Å². The van der Waals surface area contributed by atoms with E-state index in [1.54, 1.807) is 6.92 Å². The molecule has 0 saturated carbocycles. The number of carbonyl (C=O) groups excluding carboxylic acids is 2. The van der Waals surface area contributed by atoms with Crippen LogP contribution in [0, 0.1) is 0 Å². The fraction of sp³-hybridized carbons (Fsp3) is 0.167. The lowest BCUT2D eigenvalue weighted by molar-refractivity contribution is -0.141. The van der Waals surface area contributed by atoms with Crippen molar-refractivity contribution in [2.24, 2.45) is 0 Å². The molecule has 0 heterocycles. The molecule has 29 heavy (non-hydrogen) atoms. The van der Waals surface area contributed by atoms with Gasteiger partial charge < -0.3 is 9.84 Å². The summed E-state index contributed by atoms with van der Waals surface area (Å²) in [5, 5.41) is 9.28. The molecule has 0 aliphatic heterocycles. The van der Waals surface area contributed by atoms with Crippen LogP contribution in [0.3, 0.4) is 0 Å². The van der Waals surface area contributed by atoms with Gasteiger partial charge >= 0.3 is 11.9 Å². The van der Waals surface area contributed by atoms with Crippen LogP contribution in [0.4, 0.5) is 0 Å². The Morgan fingerprint density at radius 2 is 1.24 bits per heavy atom. The summed E-state index contributed by atoms with van der Waals surface area (Å²) in [4.78, 5) is 33.4. The van der Waals surface area contributed by atoms with Gasteiger partial charge in [0.25, 0.3) is 0 Å². The van der Waals surface area contributed by atoms with E-state index in [4.69, 9.17) is 74.7 Å². The maximum Gasteiger partial charge on any atom is 0.337 e. The van der Waals surface area contributed by atoms with Crippen LogP contribution in [0.2, 0.25) is 30.1 Å². The predicted molar refractivity (Wildman–Crippen MR) is 115 cm³/mol. The van der Waals surface area contributed by atoms with Crippen molar-refractivity contribution in [3.63, 3.8) is 0 Å². The number of hydrogen-bond acceptors (Lipinski definition) is 4. The summed E-state index contributed by atoms with van der Waals surface area (Å²) in [7, 11) is 0. The second-order valence-corrected chi connectivity index (χ2v) is 7.48. The summed E-state index contributed by atoms with van der Waals surface area (Å²) in [5.74, 6) is -2.18. The molecule has 11 heteroatoms. The van der Waals surface area contributed by atoms with Crippen LogP contribution in [0.15, 0.2) is 24.3 Å². The van der Waals surface area contributed by atoms with E-state index in [-0.39, 0.29) is 54.3 Å². The van der Waals surface area contributed by atoms with E-state index in [0.717, 1.165) is 0 Å². The van der Waals surface area contributed by atoms with Crippen LogP contribution >= 0.6 is 69.6 Å². The highest BCUT2D eigenvalue weighted by Gasteiger charge is 2.18. The Morgan fingerprint density at radius 1 is 0.793 bits per heavy atom. The molecule has 0 fully saturated rings. The Hall–Kier alpha value is -1.21. The van der Waals surface area contributed by atoms with Crippen molar-refractivity contribution in [3.8, 4) is 0 Å². The quantitative estimate of drug-likeness (QED) is 0.196. The highest BCUT2D eigenvalue weighted by molar-refractivity contribution is 6.50. The number of hydrogen-bond donors (Lipinski definition) is 1. The number of esters is 1. The monoisotopic (exact) mass is 518 g/mol. The first kappa shape index (κ1) is 25.8. The molecule has 0 aliphatic carbocycles. The Bertz CT molecular complexity index is 945. The number of ketones is 1. The third-order valence-electron chi connectivity index (χ3n) is 3.21. The maximum atomic E-state index is 11.7. The molecule has 0 spiro atoms. The summed E-state index contributed by atoms with van der Waals surface area (Å²) in [5.41, 5.74) is 0.111. The molecular formula is C18H12Cl6O5. The minimum Gasteiger partial charge on any atom is -0.478 e. The van der Waals surface area contributed by atoms with Crippen molar-refractivity contribution in [1.82, 2.24) is 0 Å². The summed E-state index contributed by atoms with van der Waals surface area (Å²) in [6, 6.07) is 5.57. The van der Waals surface area contributed by atoms with Gasteiger partial charge in [-0.2, -0.15) is 0 Å². The molecule has 2 aromatic carbocycles. The lowest BCUT2D eigenvalue weighted by Crippen LogP contribution is -2.11. The SMILES string of the molecule is CCOC(=O)CC(=O)c1ccc(Cl)c(Cl)c1Cl.O=C(O)c1ccc(Cl)c(Cl)c1Cl. The Morgan fingerprint density at radius 3 is 1.69 bits per heavy atom. The molecule has 1 N–H and O–H groups in total. The molecular weight excluding hydrogens is 509 g/mol. The summed E-state index contributed by atoms with van der Waals surface area (Å²) >= 11 is 34.2. The number of ether oxygens (including phenoxy) is 1. The lowest BCUT2D eigenvalue weighted by atomic mass is 10.1. The average molecular weight is 521 g/mol. The molecule has 156 valence electrons. The zero-order valence-electron chi connectivity index (χ0n) is 14.6. The highest BCUT2D eigenvalue weighted by Crippen LogP contribution is 2.33. The van der Waals surface area contributed by atoms with Crippen molar-refractivity contribution < 1.29 is 24.2 Å². The number of benzene rings is 2. The van der Waals surface area contributed by atoms with Gasteiger partial charge in [-0.15, -0.1) is 0 Å². The molecule has 0 unspecified atom stereocenters. The van der Waals surface area contributed by atoms with Gasteiger partial charge in [0.1, 0.15) is 6.42 Å². The van der Waals surface area contributed by atoms with Gasteiger partial charge in [-0.1, -0.05) is 69.6 Å². The zero-order valence-corrected chi connectivity index (χ0v) is 19.1. The van der Waals surface area contributed by atoms with Crippen LogP contribution in [-0.4, -0.2) is 29.4 Å². The number of rotatable bonds is 5. The fourth-order valence-corrected chi connectivity index (χ4v) is 3.13. The molecule has 0 aromatic heterocycles. The molecule has 0 radical (unpaired) electrons. The molecule has 5 nitrogen and oxygen atoms in total. The van der Waals surface area contributed by atoms with E-state index in [2.05, 4.69) is 4.74 Å². The number of halogens is 6. The number of Topliss-reactive ketones (excluding diaryl/α,β-unsaturated/α-hetero) is 1. The summed E-state index contributed by atoms with van der Waals surface area (Å²) in [6.45, 7) is 1.88. The topological polar surface area (TPSA) is 80.7 Å². The third-order valence-corrected chi connectivity index (χ3v) is 5.80. The van der Waals surface area contributed by atoms with Crippen LogP contribution in [0.25, 0.3) is 0 Å². The van der Waals surface area contributed by atoms with Gasteiger partial charge in [0.15, 0.2) is 5.78 Å². The standard InChI is InChI=1S/C11H9Cl3O3.C7H3Cl3O2/c1-2-17-9(16)5-8(15)6-3-4-7(12)11(14)10(6)13;8-4-2-1-3(7(11)12)5(9)6(4)10/h3-4H,2,5H2,1H3;1-2H,(H,11,12). The fourth-order valence-electron chi connectivity index (χ4n) is 1.87. The number of aromatic carboxylic acids is 1. The minimum absolute atomic E-state index is 0.0309. The van der Waals surface area contributed by atoms with E-state index in [1.165, 1.54) is 24.3 Å². The van der Waals surface area contributed by atoms with Crippen LogP contribution in [0.5, 0.6) is 0 Å². The lowest BCUT2D eigenvalue weighted by Gasteiger charge is -2.06. The number of carbonyl (C=O) groups is 3. The summed E-state index contributed by atoms with van der Waals surface area (Å²) < 4.78 is 4.67.